The Morgan fingerprint density at radius 3 is 2.47 bits per heavy atom. The van der Waals surface area contributed by atoms with Gasteiger partial charge in [0.1, 0.15) is 5.82 Å². The Balaban J connectivity index is 2.41. The number of halogens is 2. The van der Waals surface area contributed by atoms with Crippen molar-refractivity contribution in [1.82, 2.24) is 0 Å². The first-order chi connectivity index (χ1) is 8.90. The number of anilines is 1. The number of sulfone groups is 1. The second-order valence-corrected chi connectivity index (χ2v) is 6.40. The fourth-order valence-corrected chi connectivity index (χ4v) is 3.49. The summed E-state index contributed by atoms with van der Waals surface area (Å²) in [6.45, 7) is 0. The Kier molecular flexibility index (Phi) is 3.78. The van der Waals surface area contributed by atoms with Gasteiger partial charge in [-0.15, -0.1) is 0 Å². The van der Waals surface area contributed by atoms with Gasteiger partial charge in [0.25, 0.3) is 0 Å². The van der Waals surface area contributed by atoms with Crippen molar-refractivity contribution < 1.29 is 12.8 Å². The SMILES string of the molecule is Nc1cc(F)ccc1S(=O)(=O)Cc1ccccc1Cl. The molecule has 0 bridgehead atoms. The summed E-state index contributed by atoms with van der Waals surface area (Å²) in [5, 5.41) is 0.367. The molecule has 0 spiro atoms. The molecule has 0 saturated heterocycles. The van der Waals surface area contributed by atoms with Crippen LogP contribution in [0.3, 0.4) is 0 Å². The molecule has 0 saturated carbocycles. The van der Waals surface area contributed by atoms with E-state index in [4.69, 9.17) is 17.3 Å². The predicted octanol–water partition coefficient (Wildman–Crippen LogP) is 3.04. The van der Waals surface area contributed by atoms with Crippen molar-refractivity contribution in [2.75, 3.05) is 5.73 Å². The number of benzene rings is 2. The van der Waals surface area contributed by atoms with Crippen LogP contribution in [-0.2, 0) is 15.6 Å². The van der Waals surface area contributed by atoms with Crippen molar-refractivity contribution in [3.05, 3.63) is 58.9 Å². The summed E-state index contributed by atoms with van der Waals surface area (Å²) in [5.74, 6) is -0.850. The van der Waals surface area contributed by atoms with Gasteiger partial charge in [-0.1, -0.05) is 29.8 Å². The second-order valence-electron chi connectivity index (χ2n) is 4.03. The molecule has 100 valence electrons. The quantitative estimate of drug-likeness (QED) is 0.700. The molecule has 3 nitrogen and oxygen atoms in total. The molecule has 19 heavy (non-hydrogen) atoms. The number of rotatable bonds is 3. The molecule has 0 amide bonds. The van der Waals surface area contributed by atoms with Gasteiger partial charge >= 0.3 is 0 Å². The highest BCUT2D eigenvalue weighted by Crippen LogP contribution is 2.25. The highest BCUT2D eigenvalue weighted by molar-refractivity contribution is 7.90. The van der Waals surface area contributed by atoms with Crippen LogP contribution < -0.4 is 5.73 Å². The molecule has 2 rings (SSSR count). The fraction of sp³-hybridized carbons (Fsp3) is 0.0769. The van der Waals surface area contributed by atoms with E-state index in [0.29, 0.717) is 10.6 Å². The molecule has 0 aliphatic carbocycles. The minimum Gasteiger partial charge on any atom is -0.398 e. The zero-order chi connectivity index (χ0) is 14.0. The first-order valence-corrected chi connectivity index (χ1v) is 7.44. The highest BCUT2D eigenvalue weighted by atomic mass is 35.5. The van der Waals surface area contributed by atoms with E-state index in [1.807, 2.05) is 0 Å². The number of hydrogen-bond acceptors (Lipinski definition) is 3. The third-order valence-electron chi connectivity index (χ3n) is 2.61. The van der Waals surface area contributed by atoms with E-state index in [9.17, 15) is 12.8 Å². The number of hydrogen-bond donors (Lipinski definition) is 1. The normalized spacial score (nSPS) is 11.5. The topological polar surface area (TPSA) is 60.2 Å². The summed E-state index contributed by atoms with van der Waals surface area (Å²) in [6, 6.07) is 9.86. The van der Waals surface area contributed by atoms with Crippen LogP contribution in [0.25, 0.3) is 0 Å². The van der Waals surface area contributed by atoms with E-state index in [0.717, 1.165) is 18.2 Å². The fourth-order valence-electron chi connectivity index (χ4n) is 1.70. The van der Waals surface area contributed by atoms with Crippen molar-refractivity contribution >= 4 is 27.1 Å². The lowest BCUT2D eigenvalue weighted by Crippen LogP contribution is -2.08. The minimum atomic E-state index is -3.66. The predicted molar refractivity (Wildman–Crippen MR) is 73.2 cm³/mol. The largest absolute Gasteiger partial charge is 0.398 e. The lowest BCUT2D eigenvalue weighted by Gasteiger charge is -2.08. The van der Waals surface area contributed by atoms with Crippen LogP contribution in [0.5, 0.6) is 0 Å². The molecule has 0 aliphatic heterocycles. The first kappa shape index (κ1) is 13.8. The monoisotopic (exact) mass is 299 g/mol. The van der Waals surface area contributed by atoms with Gasteiger partial charge < -0.3 is 5.73 Å². The molecule has 0 unspecified atom stereocenters. The number of nitrogens with two attached hydrogens (primary N) is 1. The van der Waals surface area contributed by atoms with Gasteiger partial charge in [0.05, 0.1) is 16.3 Å². The molecular weight excluding hydrogens is 289 g/mol. The Hall–Kier alpha value is -1.59. The van der Waals surface area contributed by atoms with Crippen molar-refractivity contribution in [2.45, 2.75) is 10.6 Å². The Bertz CT molecular complexity index is 716. The molecule has 0 aromatic heterocycles. The molecule has 2 N–H and O–H groups in total. The van der Waals surface area contributed by atoms with Crippen LogP contribution in [0, 0.1) is 5.82 Å². The van der Waals surface area contributed by atoms with Gasteiger partial charge in [-0.2, -0.15) is 0 Å². The summed E-state index contributed by atoms with van der Waals surface area (Å²) in [4.78, 5) is -0.0891. The van der Waals surface area contributed by atoms with Crippen molar-refractivity contribution in [3.8, 4) is 0 Å². The molecule has 0 fully saturated rings. The molecular formula is C13H11ClFNO2S. The van der Waals surface area contributed by atoms with Gasteiger partial charge in [-0.25, -0.2) is 12.8 Å². The molecule has 0 radical (unpaired) electrons. The van der Waals surface area contributed by atoms with Gasteiger partial charge in [0.2, 0.25) is 0 Å². The summed E-state index contributed by atoms with van der Waals surface area (Å²) in [6.07, 6.45) is 0. The molecule has 2 aromatic carbocycles. The van der Waals surface area contributed by atoms with Crippen LogP contribution >= 0.6 is 11.6 Å². The van der Waals surface area contributed by atoms with E-state index in [1.165, 1.54) is 0 Å². The second kappa shape index (κ2) is 5.19. The highest BCUT2D eigenvalue weighted by Gasteiger charge is 2.19. The maximum Gasteiger partial charge on any atom is 0.184 e. The van der Waals surface area contributed by atoms with Crippen LogP contribution in [0.1, 0.15) is 5.56 Å². The van der Waals surface area contributed by atoms with E-state index in [-0.39, 0.29) is 16.3 Å². The third kappa shape index (κ3) is 3.05. The van der Waals surface area contributed by atoms with Crippen LogP contribution in [0.2, 0.25) is 5.02 Å². The molecule has 0 heterocycles. The van der Waals surface area contributed by atoms with Crippen LogP contribution in [0.15, 0.2) is 47.4 Å². The van der Waals surface area contributed by atoms with E-state index in [2.05, 4.69) is 0 Å². The standard InChI is InChI=1S/C13H11ClFNO2S/c14-11-4-2-1-3-9(11)8-19(17,18)13-6-5-10(15)7-12(13)16/h1-7H,8,16H2. The Labute approximate surface area is 115 Å². The van der Waals surface area contributed by atoms with Gasteiger partial charge in [0.15, 0.2) is 9.84 Å². The summed E-state index contributed by atoms with van der Waals surface area (Å²) < 4.78 is 37.4. The maximum absolute atomic E-state index is 12.9. The lowest BCUT2D eigenvalue weighted by atomic mass is 10.2. The molecule has 0 atom stereocenters. The minimum absolute atomic E-state index is 0.0891. The molecule has 2 aromatic rings. The van der Waals surface area contributed by atoms with E-state index in [1.54, 1.807) is 24.3 Å². The van der Waals surface area contributed by atoms with Gasteiger partial charge in [-0.05, 0) is 29.8 Å². The van der Waals surface area contributed by atoms with Gasteiger partial charge in [-0.3, -0.25) is 0 Å². The zero-order valence-electron chi connectivity index (χ0n) is 9.81. The van der Waals surface area contributed by atoms with Crippen molar-refractivity contribution in [2.24, 2.45) is 0 Å². The van der Waals surface area contributed by atoms with E-state index < -0.39 is 15.7 Å². The van der Waals surface area contributed by atoms with Crippen LogP contribution in [-0.4, -0.2) is 8.42 Å². The van der Waals surface area contributed by atoms with Crippen molar-refractivity contribution in [3.63, 3.8) is 0 Å². The first-order valence-electron chi connectivity index (χ1n) is 5.41. The zero-order valence-corrected chi connectivity index (χ0v) is 11.4. The average molecular weight is 300 g/mol. The Morgan fingerprint density at radius 1 is 1.16 bits per heavy atom. The summed E-state index contributed by atoms with van der Waals surface area (Å²) >= 11 is 5.93. The smallest absolute Gasteiger partial charge is 0.184 e. The average Bonchev–Trinajstić information content (AvgIpc) is 2.31. The molecule has 6 heteroatoms. The third-order valence-corrected chi connectivity index (χ3v) is 4.71. The maximum atomic E-state index is 12.9. The van der Waals surface area contributed by atoms with Crippen molar-refractivity contribution in [1.29, 1.82) is 0 Å². The lowest BCUT2D eigenvalue weighted by molar-refractivity contribution is 0.594. The Morgan fingerprint density at radius 2 is 1.84 bits per heavy atom. The van der Waals surface area contributed by atoms with Crippen LogP contribution in [0.4, 0.5) is 10.1 Å². The summed E-state index contributed by atoms with van der Waals surface area (Å²) in [5.41, 5.74) is 5.92. The van der Waals surface area contributed by atoms with E-state index >= 15 is 0 Å². The number of nitrogen functional groups attached to an aromatic ring is 1. The summed E-state index contributed by atoms with van der Waals surface area (Å²) in [7, 11) is -3.66. The molecule has 0 aliphatic rings. The van der Waals surface area contributed by atoms with Gasteiger partial charge in [0, 0.05) is 5.02 Å².